The van der Waals surface area contributed by atoms with Crippen molar-refractivity contribution in [2.45, 2.75) is 48.8 Å². The molecule has 2 aliphatic heterocycles. The van der Waals surface area contributed by atoms with Crippen LogP contribution in [-0.2, 0) is 15.0 Å². The van der Waals surface area contributed by atoms with Gasteiger partial charge in [-0.1, -0.05) is 74.6 Å². The summed E-state index contributed by atoms with van der Waals surface area (Å²) in [7, 11) is 0. The van der Waals surface area contributed by atoms with Crippen molar-refractivity contribution in [3.05, 3.63) is 80.3 Å². The van der Waals surface area contributed by atoms with Crippen LogP contribution in [0.15, 0.2) is 64.4 Å². The second kappa shape index (κ2) is 7.68. The van der Waals surface area contributed by atoms with Crippen LogP contribution < -0.4 is 9.77 Å². The predicted molar refractivity (Wildman–Crippen MR) is 143 cm³/mol. The molecule has 5 nitrogen and oxygen atoms in total. The zero-order valence-electron chi connectivity index (χ0n) is 20.4. The van der Waals surface area contributed by atoms with Gasteiger partial charge in [-0.2, -0.15) is 0 Å². The first-order valence-electron chi connectivity index (χ1n) is 12.7. The second-order valence-electron chi connectivity index (χ2n) is 11.7. The quantitative estimate of drug-likeness (QED) is 0.462. The lowest BCUT2D eigenvalue weighted by molar-refractivity contribution is -0.123. The fourth-order valence-corrected chi connectivity index (χ4v) is 10.3. The number of thioether (sulfide) groups is 1. The van der Waals surface area contributed by atoms with Crippen LogP contribution in [0, 0.1) is 29.6 Å². The molecule has 1 aromatic heterocycles. The van der Waals surface area contributed by atoms with E-state index >= 15 is 0 Å². The fraction of sp³-hybridized carbons (Fsp3) is 0.414. The van der Waals surface area contributed by atoms with E-state index in [1.807, 2.05) is 30.3 Å². The van der Waals surface area contributed by atoms with E-state index in [9.17, 15) is 14.4 Å². The maximum absolute atomic E-state index is 13.8. The molecule has 0 spiro atoms. The fourth-order valence-electron chi connectivity index (χ4n) is 7.41. The summed E-state index contributed by atoms with van der Waals surface area (Å²) in [4.78, 5) is 45.4. The Morgan fingerprint density at radius 1 is 0.889 bits per heavy atom. The monoisotopic (exact) mass is 516 g/mol. The molecule has 3 fully saturated rings. The van der Waals surface area contributed by atoms with Crippen molar-refractivity contribution >= 4 is 40.6 Å². The number of thiazole rings is 1. The van der Waals surface area contributed by atoms with Gasteiger partial charge in [-0.25, -0.2) is 0 Å². The molecule has 3 aromatic rings. The number of aromatic amines is 1. The predicted octanol–water partition coefficient (Wildman–Crippen LogP) is 5.41. The summed E-state index contributed by atoms with van der Waals surface area (Å²) in [6.07, 6.45) is 0.910. The van der Waals surface area contributed by atoms with Crippen LogP contribution in [0.5, 0.6) is 0 Å². The maximum atomic E-state index is 13.8. The first-order valence-corrected chi connectivity index (χ1v) is 14.4. The molecule has 2 aliphatic carbocycles. The average Bonchev–Trinajstić information content (AvgIpc) is 3.58. The number of para-hydroxylation sites is 1. The molecular weight excluding hydrogens is 488 g/mol. The SMILES string of the molecule is CC(C)(C)c1ccc(C2c3sc(=O)[nH]c3SC3C2[C@H]2C[C@@H]3C3C(=O)N(c4ccccc4)C(=O)C32)cc1. The Balaban J connectivity index is 1.31. The van der Waals surface area contributed by atoms with Crippen molar-refractivity contribution in [3.8, 4) is 0 Å². The Morgan fingerprint density at radius 2 is 1.56 bits per heavy atom. The lowest BCUT2D eigenvalue weighted by atomic mass is 9.68. The number of carbonyl (C=O) groups excluding carboxylic acids is 2. The first-order chi connectivity index (χ1) is 17.2. The van der Waals surface area contributed by atoms with Gasteiger partial charge in [0.25, 0.3) is 0 Å². The molecule has 4 aliphatic rings. The third kappa shape index (κ3) is 3.05. The molecule has 7 rings (SSSR count). The number of H-pyrrole nitrogens is 1. The largest absolute Gasteiger partial charge is 0.307 e. The summed E-state index contributed by atoms with van der Waals surface area (Å²) in [5, 5.41) is 1.17. The molecule has 2 amide bonds. The number of aromatic nitrogens is 1. The van der Waals surface area contributed by atoms with Gasteiger partial charge in [0.15, 0.2) is 0 Å². The first kappa shape index (κ1) is 22.5. The Hall–Kier alpha value is -2.64. The zero-order chi connectivity index (χ0) is 24.9. The average molecular weight is 517 g/mol. The van der Waals surface area contributed by atoms with E-state index in [1.54, 1.807) is 11.8 Å². The van der Waals surface area contributed by atoms with E-state index in [0.717, 1.165) is 16.3 Å². The zero-order valence-corrected chi connectivity index (χ0v) is 22.1. The molecule has 184 valence electrons. The molecule has 2 aromatic carbocycles. The lowest BCUT2D eigenvalue weighted by Gasteiger charge is -2.43. The number of hydrogen-bond acceptors (Lipinski definition) is 5. The summed E-state index contributed by atoms with van der Waals surface area (Å²) in [6, 6.07) is 18.2. The molecule has 36 heavy (non-hydrogen) atoms. The van der Waals surface area contributed by atoms with E-state index < -0.39 is 0 Å². The minimum atomic E-state index is -0.266. The Bertz CT molecular complexity index is 1440. The number of rotatable bonds is 2. The van der Waals surface area contributed by atoms with E-state index in [-0.39, 0.29) is 62.9 Å². The Labute approximate surface area is 218 Å². The Morgan fingerprint density at radius 3 is 2.22 bits per heavy atom. The number of amides is 2. The van der Waals surface area contributed by atoms with Crippen molar-refractivity contribution in [1.29, 1.82) is 0 Å². The topological polar surface area (TPSA) is 70.2 Å². The molecule has 5 unspecified atom stereocenters. The summed E-state index contributed by atoms with van der Waals surface area (Å²) < 4.78 is 0. The van der Waals surface area contributed by atoms with Crippen LogP contribution in [0.25, 0.3) is 0 Å². The van der Waals surface area contributed by atoms with Gasteiger partial charge in [-0.05, 0) is 52.8 Å². The van der Waals surface area contributed by atoms with Gasteiger partial charge in [-0.3, -0.25) is 19.3 Å². The summed E-state index contributed by atoms with van der Waals surface area (Å²) in [6.45, 7) is 6.63. The van der Waals surface area contributed by atoms with E-state index in [0.29, 0.717) is 5.69 Å². The molecule has 1 N–H and O–H groups in total. The van der Waals surface area contributed by atoms with Crippen molar-refractivity contribution in [1.82, 2.24) is 4.98 Å². The highest BCUT2D eigenvalue weighted by Crippen LogP contribution is 2.68. The molecule has 1 saturated heterocycles. The van der Waals surface area contributed by atoms with Gasteiger partial charge in [0, 0.05) is 16.0 Å². The van der Waals surface area contributed by atoms with Gasteiger partial charge in [-0.15, -0.1) is 11.8 Å². The highest BCUT2D eigenvalue weighted by molar-refractivity contribution is 8.00. The molecule has 2 saturated carbocycles. The van der Waals surface area contributed by atoms with Crippen LogP contribution in [0.2, 0.25) is 0 Å². The Kier molecular flexibility index (Phi) is 4.81. The molecular formula is C29H28N2O3S2. The van der Waals surface area contributed by atoms with E-state index in [1.165, 1.54) is 27.4 Å². The van der Waals surface area contributed by atoms with Crippen molar-refractivity contribution in [3.63, 3.8) is 0 Å². The number of nitrogens with one attached hydrogen (secondary N) is 1. The normalized spacial score (nSPS) is 32.5. The third-order valence-corrected chi connectivity index (χ3v) is 11.5. The van der Waals surface area contributed by atoms with Crippen LogP contribution in [0.4, 0.5) is 5.69 Å². The van der Waals surface area contributed by atoms with Crippen LogP contribution in [0.3, 0.4) is 0 Å². The number of benzene rings is 2. The molecule has 2 bridgehead atoms. The van der Waals surface area contributed by atoms with Crippen molar-refractivity contribution in [2.24, 2.45) is 29.6 Å². The summed E-state index contributed by atoms with van der Waals surface area (Å²) >= 11 is 3.05. The highest BCUT2D eigenvalue weighted by atomic mass is 32.2. The number of anilines is 1. The van der Waals surface area contributed by atoms with Gasteiger partial charge >= 0.3 is 4.87 Å². The lowest BCUT2D eigenvalue weighted by Crippen LogP contribution is -2.42. The van der Waals surface area contributed by atoms with Gasteiger partial charge in [0.1, 0.15) is 0 Å². The standard InChI is InChI=1S/C29H28N2O3S2/c1-29(2,3)15-11-9-14(10-12-15)19-20-17-13-18(23(20)35-25-24(19)36-28(34)30-25)22-21(17)26(32)31(27(22)33)16-7-5-4-6-8-16/h4-12,17-23H,13H2,1-3H3,(H,30,34)/t17-,18-,19?,20?,21?,22?,23?/m1/s1. The van der Waals surface area contributed by atoms with Crippen molar-refractivity contribution < 1.29 is 9.59 Å². The smallest absolute Gasteiger partial charge is 0.305 e. The van der Waals surface area contributed by atoms with Crippen LogP contribution in [0.1, 0.15) is 49.1 Å². The molecule has 7 heteroatoms. The maximum Gasteiger partial charge on any atom is 0.305 e. The summed E-state index contributed by atoms with van der Waals surface area (Å²) in [5.74, 6) is -0.0266. The van der Waals surface area contributed by atoms with Gasteiger partial charge in [0.2, 0.25) is 11.8 Å². The van der Waals surface area contributed by atoms with Gasteiger partial charge in [0.05, 0.1) is 22.5 Å². The number of fused-ring (bicyclic) bond motifs is 9. The third-order valence-electron chi connectivity index (χ3n) is 8.87. The van der Waals surface area contributed by atoms with E-state index in [4.69, 9.17) is 0 Å². The number of carbonyl (C=O) groups is 2. The van der Waals surface area contributed by atoms with Crippen LogP contribution in [-0.4, -0.2) is 22.0 Å². The van der Waals surface area contributed by atoms with Crippen molar-refractivity contribution in [2.75, 3.05) is 4.90 Å². The molecule has 0 radical (unpaired) electrons. The minimum Gasteiger partial charge on any atom is -0.307 e. The second-order valence-corrected chi connectivity index (χ2v) is 13.9. The number of imide groups is 1. The number of nitrogens with zero attached hydrogens (tertiary/aromatic N) is 1. The van der Waals surface area contributed by atoms with Gasteiger partial charge < -0.3 is 4.98 Å². The minimum absolute atomic E-state index is 0.0290. The highest BCUT2D eigenvalue weighted by Gasteiger charge is 2.69. The van der Waals surface area contributed by atoms with Crippen LogP contribution >= 0.6 is 23.1 Å². The number of hydrogen-bond donors (Lipinski definition) is 1. The summed E-state index contributed by atoms with van der Waals surface area (Å²) in [5.41, 5.74) is 3.22. The van der Waals surface area contributed by atoms with E-state index in [2.05, 4.69) is 50.0 Å². The molecule has 3 heterocycles. The molecule has 7 atom stereocenters.